The van der Waals surface area contributed by atoms with E-state index in [0.29, 0.717) is 25.6 Å². The number of carbonyl (C=O) groups is 1. The van der Waals surface area contributed by atoms with E-state index in [0.717, 1.165) is 0 Å². The van der Waals surface area contributed by atoms with E-state index in [1.807, 2.05) is 6.92 Å². The van der Waals surface area contributed by atoms with Crippen molar-refractivity contribution >= 4 is 5.97 Å². The zero-order valence-corrected chi connectivity index (χ0v) is 8.77. The third-order valence-electron chi connectivity index (χ3n) is 1.80. The van der Waals surface area contributed by atoms with Crippen LogP contribution in [-0.2, 0) is 11.3 Å². The van der Waals surface area contributed by atoms with Crippen LogP contribution in [0.2, 0.25) is 0 Å². The number of carboxylic acid groups (broad SMARTS) is 1. The maximum Gasteiger partial charge on any atom is 0.356 e. The molecule has 0 aromatic carbocycles. The number of nitrogens with zero attached hydrogens (tertiary/aromatic N) is 2. The molecule has 0 aliphatic heterocycles. The van der Waals surface area contributed by atoms with E-state index in [-0.39, 0.29) is 5.69 Å². The van der Waals surface area contributed by atoms with Crippen LogP contribution in [0, 0.1) is 0 Å². The van der Waals surface area contributed by atoms with E-state index in [1.165, 1.54) is 10.7 Å². The number of rotatable bonds is 6. The third-order valence-corrected chi connectivity index (χ3v) is 1.80. The Kier molecular flexibility index (Phi) is 4.11. The lowest BCUT2D eigenvalue weighted by molar-refractivity contribution is 0.0689. The largest absolute Gasteiger partial charge is 0.476 e. The Balaban J connectivity index is 2.72. The van der Waals surface area contributed by atoms with Gasteiger partial charge in [0.25, 0.3) is 0 Å². The smallest absolute Gasteiger partial charge is 0.356 e. The van der Waals surface area contributed by atoms with Gasteiger partial charge in [0.2, 0.25) is 5.88 Å². The minimum atomic E-state index is -1.06. The molecule has 0 bridgehead atoms. The fourth-order valence-corrected chi connectivity index (χ4v) is 1.08. The second kappa shape index (κ2) is 5.35. The molecule has 1 heterocycles. The van der Waals surface area contributed by atoms with Gasteiger partial charge < -0.3 is 14.6 Å². The van der Waals surface area contributed by atoms with Gasteiger partial charge in [-0.15, -0.1) is 0 Å². The van der Waals surface area contributed by atoms with Crippen molar-refractivity contribution in [1.29, 1.82) is 0 Å². The molecule has 0 unspecified atom stereocenters. The highest BCUT2D eigenvalue weighted by Crippen LogP contribution is 2.13. The number of aromatic carboxylic acids is 1. The fraction of sp³-hybridized carbons (Fsp3) is 0.556. The Morgan fingerprint density at radius 2 is 2.33 bits per heavy atom. The SMILES string of the molecule is CCn1nc(C(=O)O)cc1OCCOC. The van der Waals surface area contributed by atoms with Crippen molar-refractivity contribution in [3.63, 3.8) is 0 Å². The predicted molar refractivity (Wildman–Crippen MR) is 52.2 cm³/mol. The number of methoxy groups -OCH3 is 1. The molecule has 0 fully saturated rings. The van der Waals surface area contributed by atoms with Crippen molar-refractivity contribution in [1.82, 2.24) is 9.78 Å². The van der Waals surface area contributed by atoms with Crippen molar-refractivity contribution in [3.05, 3.63) is 11.8 Å². The summed E-state index contributed by atoms with van der Waals surface area (Å²) in [6, 6.07) is 1.40. The zero-order valence-electron chi connectivity index (χ0n) is 8.77. The summed E-state index contributed by atoms with van der Waals surface area (Å²) in [7, 11) is 1.57. The number of hydrogen-bond acceptors (Lipinski definition) is 4. The third kappa shape index (κ3) is 2.95. The Morgan fingerprint density at radius 3 is 2.87 bits per heavy atom. The van der Waals surface area contributed by atoms with E-state index in [9.17, 15) is 4.79 Å². The van der Waals surface area contributed by atoms with Crippen molar-refractivity contribution in [2.45, 2.75) is 13.5 Å². The molecule has 1 aromatic rings. The molecule has 1 rings (SSSR count). The number of hydrogen-bond donors (Lipinski definition) is 1. The molecule has 6 nitrogen and oxygen atoms in total. The number of carboxylic acids is 1. The van der Waals surface area contributed by atoms with Crippen LogP contribution < -0.4 is 4.74 Å². The molecule has 0 aliphatic rings. The maximum atomic E-state index is 10.7. The lowest BCUT2D eigenvalue weighted by Gasteiger charge is -2.05. The summed E-state index contributed by atoms with van der Waals surface area (Å²) >= 11 is 0. The van der Waals surface area contributed by atoms with Crippen molar-refractivity contribution in [3.8, 4) is 5.88 Å². The van der Waals surface area contributed by atoms with Crippen LogP contribution in [0.5, 0.6) is 5.88 Å². The van der Waals surface area contributed by atoms with Crippen LogP contribution in [0.3, 0.4) is 0 Å². The first kappa shape index (κ1) is 11.5. The first-order chi connectivity index (χ1) is 7.19. The summed E-state index contributed by atoms with van der Waals surface area (Å²) < 4.78 is 11.6. The standard InChI is InChI=1S/C9H14N2O4/c1-3-11-8(15-5-4-14-2)6-7(10-11)9(12)13/h6H,3-5H2,1-2H3,(H,12,13). The Morgan fingerprint density at radius 1 is 1.60 bits per heavy atom. The summed E-state index contributed by atoms with van der Waals surface area (Å²) in [5.74, 6) is -0.606. The van der Waals surface area contributed by atoms with Crippen LogP contribution in [0.15, 0.2) is 6.07 Å². The quantitative estimate of drug-likeness (QED) is 0.703. The van der Waals surface area contributed by atoms with Crippen molar-refractivity contribution in [2.75, 3.05) is 20.3 Å². The topological polar surface area (TPSA) is 73.6 Å². The summed E-state index contributed by atoms with van der Waals surface area (Å²) in [6.07, 6.45) is 0. The van der Waals surface area contributed by atoms with Crippen LogP contribution in [-0.4, -0.2) is 41.2 Å². The molecule has 1 N–H and O–H groups in total. The maximum absolute atomic E-state index is 10.7. The molecule has 84 valence electrons. The first-order valence-corrected chi connectivity index (χ1v) is 4.62. The van der Waals surface area contributed by atoms with Gasteiger partial charge >= 0.3 is 5.97 Å². The van der Waals surface area contributed by atoms with Gasteiger partial charge in [0.05, 0.1) is 6.61 Å². The summed E-state index contributed by atoms with van der Waals surface area (Å²) in [5.41, 5.74) is -0.00994. The van der Waals surface area contributed by atoms with E-state index in [1.54, 1.807) is 7.11 Å². The molecule has 0 radical (unpaired) electrons. The highest BCUT2D eigenvalue weighted by molar-refractivity contribution is 5.85. The number of aromatic nitrogens is 2. The summed E-state index contributed by atoms with van der Waals surface area (Å²) in [5, 5.41) is 12.6. The van der Waals surface area contributed by atoms with Gasteiger partial charge in [-0.1, -0.05) is 0 Å². The van der Waals surface area contributed by atoms with Crippen molar-refractivity contribution in [2.24, 2.45) is 0 Å². The predicted octanol–water partition coefficient (Wildman–Crippen LogP) is 0.626. The average Bonchev–Trinajstić information content (AvgIpc) is 2.62. The van der Waals surface area contributed by atoms with Crippen LogP contribution in [0.1, 0.15) is 17.4 Å². The minimum Gasteiger partial charge on any atom is -0.476 e. The van der Waals surface area contributed by atoms with E-state index < -0.39 is 5.97 Å². The summed E-state index contributed by atoms with van der Waals surface area (Å²) in [4.78, 5) is 10.7. The highest BCUT2D eigenvalue weighted by Gasteiger charge is 2.12. The van der Waals surface area contributed by atoms with Crippen LogP contribution in [0.4, 0.5) is 0 Å². The Hall–Kier alpha value is -1.56. The highest BCUT2D eigenvalue weighted by atomic mass is 16.5. The molecule has 0 atom stereocenters. The normalized spacial score (nSPS) is 10.3. The Labute approximate surface area is 87.4 Å². The second-order valence-corrected chi connectivity index (χ2v) is 2.83. The minimum absolute atomic E-state index is 0.00994. The fourth-order valence-electron chi connectivity index (χ4n) is 1.08. The number of aryl methyl sites for hydroxylation is 1. The molecular weight excluding hydrogens is 200 g/mol. The lowest BCUT2D eigenvalue weighted by atomic mass is 10.4. The molecule has 15 heavy (non-hydrogen) atoms. The van der Waals surface area contributed by atoms with E-state index in [4.69, 9.17) is 14.6 Å². The molecule has 0 amide bonds. The van der Waals surface area contributed by atoms with Gasteiger partial charge in [-0.25, -0.2) is 9.48 Å². The van der Waals surface area contributed by atoms with Gasteiger partial charge in [-0.05, 0) is 6.92 Å². The molecule has 6 heteroatoms. The van der Waals surface area contributed by atoms with E-state index >= 15 is 0 Å². The molecule has 0 saturated heterocycles. The Bertz CT molecular complexity index is 335. The molecule has 0 spiro atoms. The van der Waals surface area contributed by atoms with Gasteiger partial charge in [-0.3, -0.25) is 0 Å². The monoisotopic (exact) mass is 214 g/mol. The first-order valence-electron chi connectivity index (χ1n) is 4.62. The zero-order chi connectivity index (χ0) is 11.3. The summed E-state index contributed by atoms with van der Waals surface area (Å²) in [6.45, 7) is 3.26. The lowest BCUT2D eigenvalue weighted by Crippen LogP contribution is -2.08. The molecule has 0 saturated carbocycles. The van der Waals surface area contributed by atoms with Gasteiger partial charge in [0.15, 0.2) is 5.69 Å². The molecule has 1 aromatic heterocycles. The van der Waals surface area contributed by atoms with Crippen LogP contribution in [0.25, 0.3) is 0 Å². The number of ether oxygens (including phenoxy) is 2. The van der Waals surface area contributed by atoms with Gasteiger partial charge in [-0.2, -0.15) is 5.10 Å². The van der Waals surface area contributed by atoms with Crippen molar-refractivity contribution < 1.29 is 19.4 Å². The second-order valence-electron chi connectivity index (χ2n) is 2.83. The average molecular weight is 214 g/mol. The van der Waals surface area contributed by atoms with Crippen LogP contribution >= 0.6 is 0 Å². The van der Waals surface area contributed by atoms with Gasteiger partial charge in [0, 0.05) is 19.7 Å². The van der Waals surface area contributed by atoms with Gasteiger partial charge in [0.1, 0.15) is 6.61 Å². The van der Waals surface area contributed by atoms with E-state index in [2.05, 4.69) is 5.10 Å². The molecule has 0 aliphatic carbocycles. The molecular formula is C9H14N2O4.